The fourth-order valence-corrected chi connectivity index (χ4v) is 4.65. The van der Waals surface area contributed by atoms with Crippen molar-refractivity contribution >= 4 is 5.91 Å². The lowest BCUT2D eigenvalue weighted by atomic mass is 9.79. The average Bonchev–Trinajstić information content (AvgIpc) is 2.62. The number of piperidine rings is 2. The molecular weight excluding hydrogens is 274 g/mol. The Morgan fingerprint density at radius 1 is 1.05 bits per heavy atom. The van der Waals surface area contributed by atoms with E-state index in [0.717, 1.165) is 32.5 Å². The van der Waals surface area contributed by atoms with E-state index in [2.05, 4.69) is 15.5 Å². The molecule has 3 fully saturated rings. The summed E-state index contributed by atoms with van der Waals surface area (Å²) < 4.78 is 0. The van der Waals surface area contributed by atoms with Crippen molar-refractivity contribution in [2.24, 2.45) is 5.92 Å². The first-order chi connectivity index (χ1) is 10.8. The van der Waals surface area contributed by atoms with Gasteiger partial charge in [0.05, 0.1) is 5.92 Å². The van der Waals surface area contributed by atoms with Gasteiger partial charge in [0.15, 0.2) is 0 Å². The van der Waals surface area contributed by atoms with Gasteiger partial charge >= 0.3 is 0 Å². The number of nitrogens with one attached hydrogen (secondary N) is 2. The van der Waals surface area contributed by atoms with E-state index in [-0.39, 0.29) is 17.4 Å². The number of rotatable bonds is 4. The van der Waals surface area contributed by atoms with Gasteiger partial charge in [-0.15, -0.1) is 0 Å². The molecule has 1 saturated carbocycles. The minimum atomic E-state index is 0.191. The molecule has 2 aliphatic heterocycles. The van der Waals surface area contributed by atoms with Crippen LogP contribution in [-0.2, 0) is 4.79 Å². The van der Waals surface area contributed by atoms with Crippen LogP contribution in [0.3, 0.4) is 0 Å². The number of carbonyl (C=O) groups excluding carboxylic acids is 1. The van der Waals surface area contributed by atoms with Gasteiger partial charge in [-0.2, -0.15) is 0 Å². The van der Waals surface area contributed by atoms with E-state index >= 15 is 0 Å². The maximum Gasteiger partial charge on any atom is 0.224 e. The summed E-state index contributed by atoms with van der Waals surface area (Å²) in [6.45, 7) is 5.29. The van der Waals surface area contributed by atoms with E-state index in [4.69, 9.17) is 0 Å². The van der Waals surface area contributed by atoms with Crippen LogP contribution in [-0.4, -0.2) is 49.1 Å². The summed E-state index contributed by atoms with van der Waals surface area (Å²) in [6.07, 6.45) is 12.8. The number of hydrogen-bond acceptors (Lipinski definition) is 3. The first-order valence-corrected chi connectivity index (χ1v) is 9.54. The summed E-state index contributed by atoms with van der Waals surface area (Å²) in [5.74, 6) is 0.477. The molecule has 4 heteroatoms. The van der Waals surface area contributed by atoms with Gasteiger partial charge in [0.2, 0.25) is 5.91 Å². The third kappa shape index (κ3) is 3.83. The number of likely N-dealkylation sites (tertiary alicyclic amines) is 1. The zero-order valence-electron chi connectivity index (χ0n) is 14.0. The SMILES string of the molecule is O=C(NCC1(N2CCCCC2)CCCCC1)[C@@H]1CCCNC1. The van der Waals surface area contributed by atoms with E-state index in [9.17, 15) is 4.79 Å². The topological polar surface area (TPSA) is 44.4 Å². The van der Waals surface area contributed by atoms with Crippen molar-refractivity contribution in [3.05, 3.63) is 0 Å². The zero-order valence-corrected chi connectivity index (χ0v) is 14.0. The van der Waals surface area contributed by atoms with Crippen molar-refractivity contribution in [2.75, 3.05) is 32.7 Å². The second-order valence-electron chi connectivity index (χ2n) is 7.59. The maximum atomic E-state index is 12.5. The molecule has 2 N–H and O–H groups in total. The molecule has 3 aliphatic rings. The molecule has 1 amide bonds. The molecular formula is C18H33N3O. The van der Waals surface area contributed by atoms with Crippen molar-refractivity contribution in [3.63, 3.8) is 0 Å². The van der Waals surface area contributed by atoms with Gasteiger partial charge in [0, 0.05) is 18.6 Å². The Hall–Kier alpha value is -0.610. The van der Waals surface area contributed by atoms with E-state index in [0.29, 0.717) is 0 Å². The molecule has 126 valence electrons. The standard InChI is InChI=1S/C18H33N3O/c22-17(16-8-7-11-19-14-16)20-15-18(9-3-1-4-10-18)21-12-5-2-6-13-21/h16,19H,1-15H2,(H,20,22)/t16-/m1/s1. The molecule has 2 heterocycles. The second kappa shape index (κ2) is 7.78. The Bertz CT molecular complexity index is 353. The highest BCUT2D eigenvalue weighted by molar-refractivity contribution is 5.79. The molecule has 22 heavy (non-hydrogen) atoms. The first-order valence-electron chi connectivity index (χ1n) is 9.54. The Morgan fingerprint density at radius 2 is 1.77 bits per heavy atom. The van der Waals surface area contributed by atoms with Crippen molar-refractivity contribution in [1.82, 2.24) is 15.5 Å². The number of carbonyl (C=O) groups is 1. The van der Waals surface area contributed by atoms with Crippen LogP contribution in [0.1, 0.15) is 64.2 Å². The van der Waals surface area contributed by atoms with Crippen LogP contribution in [0.4, 0.5) is 0 Å². The molecule has 0 spiro atoms. The largest absolute Gasteiger partial charge is 0.354 e. The quantitative estimate of drug-likeness (QED) is 0.837. The highest BCUT2D eigenvalue weighted by atomic mass is 16.1. The third-order valence-corrected chi connectivity index (χ3v) is 6.07. The lowest BCUT2D eigenvalue weighted by molar-refractivity contribution is -0.126. The number of hydrogen-bond donors (Lipinski definition) is 2. The van der Waals surface area contributed by atoms with Gasteiger partial charge in [-0.3, -0.25) is 9.69 Å². The smallest absolute Gasteiger partial charge is 0.224 e. The van der Waals surface area contributed by atoms with E-state index in [1.807, 2.05) is 0 Å². The van der Waals surface area contributed by atoms with Crippen LogP contribution in [0.25, 0.3) is 0 Å². The van der Waals surface area contributed by atoms with Crippen LogP contribution in [0, 0.1) is 5.92 Å². The maximum absolute atomic E-state index is 12.5. The van der Waals surface area contributed by atoms with E-state index < -0.39 is 0 Å². The van der Waals surface area contributed by atoms with E-state index in [1.165, 1.54) is 64.5 Å². The predicted molar refractivity (Wildman–Crippen MR) is 89.8 cm³/mol. The van der Waals surface area contributed by atoms with Gasteiger partial charge < -0.3 is 10.6 Å². The Labute approximate surface area is 135 Å². The zero-order chi connectivity index (χ0) is 15.3. The summed E-state index contributed by atoms with van der Waals surface area (Å²) in [6, 6.07) is 0. The van der Waals surface area contributed by atoms with Crippen molar-refractivity contribution in [2.45, 2.75) is 69.7 Å². The molecule has 0 bridgehead atoms. The second-order valence-corrected chi connectivity index (χ2v) is 7.59. The molecule has 0 aromatic rings. The van der Waals surface area contributed by atoms with Crippen molar-refractivity contribution < 1.29 is 4.79 Å². The lowest BCUT2D eigenvalue weighted by Gasteiger charge is -2.48. The fourth-order valence-electron chi connectivity index (χ4n) is 4.65. The average molecular weight is 307 g/mol. The van der Waals surface area contributed by atoms with Gasteiger partial charge in [-0.1, -0.05) is 25.7 Å². The highest BCUT2D eigenvalue weighted by Gasteiger charge is 2.39. The Kier molecular flexibility index (Phi) is 5.75. The van der Waals surface area contributed by atoms with Gasteiger partial charge in [-0.05, 0) is 58.2 Å². The van der Waals surface area contributed by atoms with Crippen LogP contribution < -0.4 is 10.6 Å². The van der Waals surface area contributed by atoms with Crippen LogP contribution in [0.5, 0.6) is 0 Å². The molecule has 1 atom stereocenters. The lowest BCUT2D eigenvalue weighted by Crippen LogP contribution is -2.58. The minimum Gasteiger partial charge on any atom is -0.354 e. The molecule has 2 saturated heterocycles. The molecule has 0 unspecified atom stereocenters. The predicted octanol–water partition coefficient (Wildman–Crippen LogP) is 2.29. The molecule has 1 aliphatic carbocycles. The molecule has 0 aromatic carbocycles. The molecule has 0 aromatic heterocycles. The summed E-state index contributed by atoms with van der Waals surface area (Å²) in [5, 5.41) is 6.69. The highest BCUT2D eigenvalue weighted by Crippen LogP contribution is 2.35. The van der Waals surface area contributed by atoms with Gasteiger partial charge in [-0.25, -0.2) is 0 Å². The Morgan fingerprint density at radius 3 is 2.45 bits per heavy atom. The summed E-state index contributed by atoms with van der Waals surface area (Å²) in [4.78, 5) is 15.2. The fraction of sp³-hybridized carbons (Fsp3) is 0.944. The number of nitrogens with zero attached hydrogens (tertiary/aromatic N) is 1. The molecule has 3 rings (SSSR count). The monoisotopic (exact) mass is 307 g/mol. The normalized spacial score (nSPS) is 29.9. The third-order valence-electron chi connectivity index (χ3n) is 6.07. The molecule has 4 nitrogen and oxygen atoms in total. The summed E-state index contributed by atoms with van der Waals surface area (Å²) in [7, 11) is 0. The van der Waals surface area contributed by atoms with Crippen molar-refractivity contribution in [1.29, 1.82) is 0 Å². The van der Waals surface area contributed by atoms with Gasteiger partial charge in [0.25, 0.3) is 0 Å². The Balaban J connectivity index is 1.58. The molecule has 0 radical (unpaired) electrons. The summed E-state index contributed by atoms with van der Waals surface area (Å²) >= 11 is 0. The van der Waals surface area contributed by atoms with E-state index in [1.54, 1.807) is 0 Å². The van der Waals surface area contributed by atoms with Crippen LogP contribution in [0.15, 0.2) is 0 Å². The number of amides is 1. The minimum absolute atomic E-state index is 0.191. The van der Waals surface area contributed by atoms with Crippen LogP contribution in [0.2, 0.25) is 0 Å². The van der Waals surface area contributed by atoms with Gasteiger partial charge in [0.1, 0.15) is 0 Å². The summed E-state index contributed by atoms with van der Waals surface area (Å²) in [5.41, 5.74) is 0.260. The van der Waals surface area contributed by atoms with Crippen molar-refractivity contribution in [3.8, 4) is 0 Å². The van der Waals surface area contributed by atoms with Crippen LogP contribution >= 0.6 is 0 Å². The first kappa shape index (κ1) is 16.3.